The lowest BCUT2D eigenvalue weighted by molar-refractivity contribution is -0.129. The molecule has 0 aromatic carbocycles. The minimum Gasteiger partial charge on any atom is -0.441 e. The zero-order valence-electron chi connectivity index (χ0n) is 70.7. The van der Waals surface area contributed by atoms with Crippen molar-refractivity contribution in [3.63, 3.8) is 0 Å². The van der Waals surface area contributed by atoms with E-state index < -0.39 is 0 Å². The molecule has 14 heteroatoms. The van der Waals surface area contributed by atoms with Crippen LogP contribution in [0.2, 0.25) is 0 Å². The molecular formula is C86H164N8O6. The van der Waals surface area contributed by atoms with Crippen LogP contribution in [0.1, 0.15) is 271 Å². The summed E-state index contributed by atoms with van der Waals surface area (Å²) in [4.78, 5) is 66.6. The van der Waals surface area contributed by atoms with E-state index >= 15 is 0 Å². The number of amides is 1. The molecular weight excluding hydrogens is 1240 g/mol. The Morgan fingerprint density at radius 2 is 0.860 bits per heavy atom. The molecule has 8 saturated heterocycles. The number of likely N-dealkylation sites (tertiary alicyclic amines) is 6. The summed E-state index contributed by atoms with van der Waals surface area (Å²) in [6.07, 6.45) is 15.7. The molecule has 0 aromatic heterocycles. The molecule has 2 bridgehead atoms. The molecule has 0 N–H and O–H groups in total. The van der Waals surface area contributed by atoms with Crippen LogP contribution in [-0.4, -0.2) is 227 Å². The van der Waals surface area contributed by atoms with Gasteiger partial charge in [-0.3, -0.25) is 34.0 Å². The van der Waals surface area contributed by atoms with Gasteiger partial charge in [-0.15, -0.1) is 0 Å². The summed E-state index contributed by atoms with van der Waals surface area (Å²) in [5, 5.41) is 0. The van der Waals surface area contributed by atoms with E-state index in [1.807, 2.05) is 18.7 Å². The van der Waals surface area contributed by atoms with Crippen molar-refractivity contribution in [1.29, 1.82) is 0 Å². The Morgan fingerprint density at radius 1 is 0.390 bits per heavy atom. The van der Waals surface area contributed by atoms with E-state index in [1.54, 1.807) is 0 Å². The molecule has 584 valence electrons. The smallest absolute Gasteiger partial charge is 0.410 e. The topological polar surface area (TPSA) is 113 Å². The average Bonchev–Trinajstić information content (AvgIpc) is 0.851. The van der Waals surface area contributed by atoms with Gasteiger partial charge in [0.2, 0.25) is 0 Å². The van der Waals surface area contributed by atoms with Crippen molar-refractivity contribution >= 4 is 23.4 Å². The second-order valence-electron chi connectivity index (χ2n) is 38.2. The van der Waals surface area contributed by atoms with Crippen molar-refractivity contribution in [2.75, 3.05) is 105 Å². The van der Waals surface area contributed by atoms with Crippen molar-refractivity contribution in [2.24, 2.45) is 94.2 Å². The van der Waals surface area contributed by atoms with Crippen molar-refractivity contribution in [1.82, 2.24) is 39.2 Å². The third-order valence-corrected chi connectivity index (χ3v) is 26.6. The standard InChI is InChI=1S/2C14H27N.C13H24N2O2.C13H23NO.2C11H21NO.C10H21NO/c1-11(2)13-9-14(10-13)5-7-15(8-6-14)12(3)4;1-10(2)14-12-6-5-7-13(14)9-15(8-12)11(3)4;1-10(2)14-7-5-13(6-8-14)9-15(11(3)4)12(16)17-13;1-8(2)11-5-10-6-14(9(3)4)7-12(10)13(11)15;1-8(2)10-7-12(9(3)4)6-5-11(10)13;1-8(2)10-5-6-12(9(3)4)7-11(10)13;1-8(2)10-7-11(9(3)4)5-6-12-10/h11-13H,5-10H2,1-4H3;10-14H,5-9H2,1-4H3;10-11H,5-9H2,1-4H3;8-12H,5-7H2,1-4H3;2*8-10H,5-7H2,1-4H3;8-10H,5-7H2,1-4H3/t;;;10-,11?,12+;;;/m...1.../s1. The molecule has 11 fully saturated rings. The average molecular weight is 1410 g/mol. The Balaban J connectivity index is 0.000000211. The Labute approximate surface area is 618 Å². The highest BCUT2D eigenvalue weighted by Crippen LogP contribution is 2.55. The van der Waals surface area contributed by atoms with Crippen molar-refractivity contribution in [3.8, 4) is 0 Å². The van der Waals surface area contributed by atoms with Crippen LogP contribution in [0.3, 0.4) is 0 Å². The van der Waals surface area contributed by atoms with E-state index in [4.69, 9.17) is 9.47 Å². The minimum atomic E-state index is -0.202. The number of carbonyl (C=O) groups excluding carboxylic acids is 4. The van der Waals surface area contributed by atoms with Crippen molar-refractivity contribution in [3.05, 3.63) is 0 Å². The van der Waals surface area contributed by atoms with Gasteiger partial charge in [0.05, 0.1) is 25.8 Å². The molecule has 100 heavy (non-hydrogen) atoms. The molecule has 0 radical (unpaired) electrons. The molecule has 1 amide bonds. The molecule has 14 nitrogen and oxygen atoms in total. The lowest BCUT2D eigenvalue weighted by Crippen LogP contribution is -2.52. The fourth-order valence-electron chi connectivity index (χ4n) is 18.9. The second-order valence-corrected chi connectivity index (χ2v) is 38.2. The van der Waals surface area contributed by atoms with Crippen LogP contribution >= 0.6 is 0 Å². The molecule has 8 heterocycles. The number of hydrogen-bond acceptors (Lipinski definition) is 13. The predicted octanol–water partition coefficient (Wildman–Crippen LogP) is 16.9. The largest absolute Gasteiger partial charge is 0.441 e. The molecule has 3 aliphatic carbocycles. The Bertz CT molecular complexity index is 2350. The van der Waals surface area contributed by atoms with Crippen molar-refractivity contribution < 1.29 is 28.7 Å². The van der Waals surface area contributed by atoms with Gasteiger partial charge >= 0.3 is 6.09 Å². The van der Waals surface area contributed by atoms with E-state index in [0.717, 1.165) is 157 Å². The van der Waals surface area contributed by atoms with Crippen LogP contribution < -0.4 is 0 Å². The van der Waals surface area contributed by atoms with Gasteiger partial charge in [-0.1, -0.05) is 89.5 Å². The van der Waals surface area contributed by atoms with Crippen LogP contribution in [0.5, 0.6) is 0 Å². The van der Waals surface area contributed by atoms with E-state index in [-0.39, 0.29) is 23.7 Å². The van der Waals surface area contributed by atoms with Crippen LogP contribution in [0.25, 0.3) is 0 Å². The first-order valence-electron chi connectivity index (χ1n) is 42.1. The first kappa shape index (κ1) is 88.6. The highest BCUT2D eigenvalue weighted by molar-refractivity contribution is 5.87. The summed E-state index contributed by atoms with van der Waals surface area (Å²) in [5.74, 6) is 11.5. The number of piperidine rings is 5. The van der Waals surface area contributed by atoms with Gasteiger partial charge in [-0.05, 0) is 252 Å². The molecule has 3 saturated carbocycles. The lowest BCUT2D eigenvalue weighted by Gasteiger charge is -2.54. The van der Waals surface area contributed by atoms with Crippen molar-refractivity contribution in [2.45, 2.75) is 331 Å². The zero-order chi connectivity index (χ0) is 75.0. The third-order valence-electron chi connectivity index (χ3n) is 26.6. The van der Waals surface area contributed by atoms with Crippen LogP contribution in [-0.2, 0) is 23.9 Å². The normalized spacial score (nSPS) is 29.6. The van der Waals surface area contributed by atoms with Gasteiger partial charge in [0.25, 0.3) is 0 Å². The van der Waals surface area contributed by atoms with Crippen LogP contribution in [0, 0.1) is 94.2 Å². The van der Waals surface area contributed by atoms with Gasteiger partial charge in [0.1, 0.15) is 23.0 Å². The Morgan fingerprint density at radius 3 is 1.28 bits per heavy atom. The Kier molecular flexibility index (Phi) is 36.1. The summed E-state index contributed by atoms with van der Waals surface area (Å²) < 4.78 is 11.3. The number of ketones is 3. The molecule has 2 spiro atoms. The number of nitrogens with zero attached hydrogens (tertiary/aromatic N) is 8. The maximum atomic E-state index is 12.2. The quantitative estimate of drug-likeness (QED) is 0.165. The van der Waals surface area contributed by atoms with Gasteiger partial charge in [-0.2, -0.15) is 0 Å². The summed E-state index contributed by atoms with van der Waals surface area (Å²) in [7, 11) is 0. The number of carbonyl (C=O) groups is 4. The number of morpholine rings is 1. The zero-order valence-corrected chi connectivity index (χ0v) is 70.7. The van der Waals surface area contributed by atoms with E-state index in [9.17, 15) is 19.2 Å². The first-order chi connectivity index (χ1) is 46.7. The fourth-order valence-corrected chi connectivity index (χ4v) is 18.9. The monoisotopic (exact) mass is 1410 g/mol. The number of Topliss-reactive ketones (excluding diaryl/α,β-unsaturated/α-hetero) is 3. The summed E-state index contributed by atoms with van der Waals surface area (Å²) >= 11 is 0. The van der Waals surface area contributed by atoms with E-state index in [2.05, 4.69) is 214 Å². The molecule has 6 unspecified atom stereocenters. The lowest BCUT2D eigenvalue weighted by atomic mass is 9.55. The first-order valence-corrected chi connectivity index (χ1v) is 42.1. The number of rotatable bonds is 14. The second kappa shape index (κ2) is 40.8. The minimum absolute atomic E-state index is 0.127. The van der Waals surface area contributed by atoms with Gasteiger partial charge in [-0.25, -0.2) is 4.79 Å². The number of hydrogen-bond donors (Lipinski definition) is 0. The highest BCUT2D eigenvalue weighted by atomic mass is 16.6. The van der Waals surface area contributed by atoms with Gasteiger partial charge < -0.3 is 29.1 Å². The van der Waals surface area contributed by atoms with Crippen LogP contribution in [0.4, 0.5) is 4.79 Å². The SMILES string of the molecule is CC(C)C1C2CCCC1CN(C(C)C)C2.CC(C)C1CC2(CCN(C(C)C)CC2)C1.CC(C)C1CCN(C(C)C)CC1=O.CC(C)C1CN(C(C)C)CCC1=O.CC(C)C1CN(C(C)C)CCO1.CC(C)C1C[C@@H]2CN(C(C)C)C[C@@H]2C1=O.CC(C)N1CCC2(CC1)CN(C(C)C)C(=O)O2. The maximum absolute atomic E-state index is 12.2. The molecule has 0 aromatic rings. The molecule has 11 rings (SSSR count). The Hall–Kier alpha value is -2.04. The molecule has 11 aliphatic rings. The maximum Gasteiger partial charge on any atom is 0.410 e. The predicted molar refractivity (Wildman–Crippen MR) is 421 cm³/mol. The van der Waals surface area contributed by atoms with Gasteiger partial charge in [0, 0.05) is 157 Å². The summed E-state index contributed by atoms with van der Waals surface area (Å²) in [6.45, 7) is 79.9. The highest BCUT2D eigenvalue weighted by Gasteiger charge is 2.50. The molecule has 8 atom stereocenters. The molecule has 8 aliphatic heterocycles. The number of fused-ring (bicyclic) bond motifs is 3. The van der Waals surface area contributed by atoms with Gasteiger partial charge in [0.15, 0.2) is 0 Å². The summed E-state index contributed by atoms with van der Waals surface area (Å²) in [6, 6.07) is 4.68. The van der Waals surface area contributed by atoms with Crippen LogP contribution in [0.15, 0.2) is 0 Å². The fraction of sp³-hybridized carbons (Fsp3) is 0.953. The van der Waals surface area contributed by atoms with E-state index in [1.165, 1.54) is 71.1 Å². The number of ether oxygens (including phenoxy) is 2. The third kappa shape index (κ3) is 25.6. The van der Waals surface area contributed by atoms with E-state index in [0.29, 0.717) is 108 Å². The summed E-state index contributed by atoms with van der Waals surface area (Å²) in [5.41, 5.74) is 0.576.